The molecule has 7 N–H and O–H groups in total. The van der Waals surface area contributed by atoms with Gasteiger partial charge in [0.1, 0.15) is 0 Å². The zero-order valence-electron chi connectivity index (χ0n) is 25.5. The Hall–Kier alpha value is -5.16. The number of hydrogen-bond acceptors (Lipinski definition) is 8. The van der Waals surface area contributed by atoms with E-state index in [-0.39, 0.29) is 24.4 Å². The van der Waals surface area contributed by atoms with Crippen molar-refractivity contribution in [2.24, 2.45) is 22.2 Å². The first-order chi connectivity index (χ1) is 20.9. The number of primary amides is 1. The van der Waals surface area contributed by atoms with Crippen molar-refractivity contribution in [1.29, 1.82) is 0 Å². The summed E-state index contributed by atoms with van der Waals surface area (Å²) in [4.78, 5) is 43.2. The van der Waals surface area contributed by atoms with Gasteiger partial charge in [0, 0.05) is 30.1 Å². The van der Waals surface area contributed by atoms with Crippen molar-refractivity contribution in [2.75, 3.05) is 14.2 Å². The molecular weight excluding hydrogens is 562 g/mol. The summed E-state index contributed by atoms with van der Waals surface area (Å²) in [5.41, 5.74) is 22.4. The van der Waals surface area contributed by atoms with Crippen LogP contribution in [0.15, 0.2) is 65.8 Å². The van der Waals surface area contributed by atoms with Crippen LogP contribution in [0.2, 0.25) is 0 Å². The number of methoxy groups -OCH3 is 2. The highest BCUT2D eigenvalue weighted by molar-refractivity contribution is 5.93. The minimum Gasteiger partial charge on any atom is -0.493 e. The van der Waals surface area contributed by atoms with Crippen molar-refractivity contribution in [3.05, 3.63) is 99.7 Å². The number of carboxylic acids is 1. The molecule has 0 saturated heterocycles. The van der Waals surface area contributed by atoms with Gasteiger partial charge < -0.3 is 36.7 Å². The van der Waals surface area contributed by atoms with Gasteiger partial charge in [-0.2, -0.15) is 0 Å². The molecule has 3 aromatic carbocycles. The molecule has 0 saturated carbocycles. The van der Waals surface area contributed by atoms with Gasteiger partial charge in [-0.1, -0.05) is 18.2 Å². The van der Waals surface area contributed by atoms with Crippen LogP contribution in [-0.4, -0.2) is 60.3 Å². The number of rotatable bonds is 13. The molecule has 2 amide bonds. The van der Waals surface area contributed by atoms with E-state index >= 15 is 0 Å². The lowest BCUT2D eigenvalue weighted by Crippen LogP contribution is -2.49. The number of carboxylic acid groups (broad SMARTS) is 1. The van der Waals surface area contributed by atoms with Gasteiger partial charge in [-0.15, -0.1) is 0 Å². The number of aliphatic imine (C=N–C) groups is 1. The number of carbonyl (C=O) groups excluding carboxylic acids is 2. The van der Waals surface area contributed by atoms with E-state index in [1.807, 2.05) is 19.9 Å². The lowest BCUT2D eigenvalue weighted by atomic mass is 9.93. The van der Waals surface area contributed by atoms with Crippen molar-refractivity contribution in [1.82, 2.24) is 4.90 Å². The highest BCUT2D eigenvalue weighted by Crippen LogP contribution is 2.29. The van der Waals surface area contributed by atoms with Crippen molar-refractivity contribution in [3.63, 3.8) is 0 Å². The first-order valence-corrected chi connectivity index (χ1v) is 13.9. The fourth-order valence-corrected chi connectivity index (χ4v) is 4.87. The maximum absolute atomic E-state index is 14.0. The Bertz CT molecular complexity index is 1580. The van der Waals surface area contributed by atoms with Crippen LogP contribution < -0.4 is 26.7 Å². The molecule has 11 heteroatoms. The van der Waals surface area contributed by atoms with Gasteiger partial charge in [-0.3, -0.25) is 14.6 Å². The summed E-state index contributed by atoms with van der Waals surface area (Å²) in [6, 6.07) is 13.5. The molecule has 0 bridgehead atoms. The first-order valence-electron chi connectivity index (χ1n) is 13.9. The lowest BCUT2D eigenvalue weighted by Gasteiger charge is -2.30. The Morgan fingerprint density at radius 3 is 2.16 bits per heavy atom. The van der Waals surface area contributed by atoms with E-state index in [0.717, 1.165) is 22.3 Å². The van der Waals surface area contributed by atoms with E-state index in [9.17, 15) is 19.5 Å². The Morgan fingerprint density at radius 1 is 0.955 bits per heavy atom. The third-order valence-electron chi connectivity index (χ3n) is 7.29. The number of ether oxygens (including phenoxy) is 2. The number of hydrogen-bond donors (Lipinski definition) is 4. The van der Waals surface area contributed by atoms with Gasteiger partial charge in [0.05, 0.1) is 37.6 Å². The van der Waals surface area contributed by atoms with Gasteiger partial charge in [0.15, 0.2) is 11.5 Å². The van der Waals surface area contributed by atoms with Crippen LogP contribution in [0.4, 0.5) is 0 Å². The molecule has 0 spiro atoms. The van der Waals surface area contributed by atoms with Crippen molar-refractivity contribution < 1.29 is 29.0 Å². The number of aryl methyl sites for hydroxylation is 2. The van der Waals surface area contributed by atoms with Crippen LogP contribution in [0, 0.1) is 13.8 Å². The average Bonchev–Trinajstić information content (AvgIpc) is 3.01. The molecule has 2 atom stereocenters. The Balaban J connectivity index is 1.96. The summed E-state index contributed by atoms with van der Waals surface area (Å²) >= 11 is 0. The van der Waals surface area contributed by atoms with Crippen LogP contribution in [0.5, 0.6) is 11.5 Å². The molecule has 0 fully saturated rings. The van der Waals surface area contributed by atoms with Gasteiger partial charge in [-0.25, -0.2) is 4.79 Å². The number of aromatic carboxylic acids is 1. The minimum atomic E-state index is -1.07. The summed E-state index contributed by atoms with van der Waals surface area (Å²) in [6.07, 6.45) is 3.07. The Morgan fingerprint density at radius 2 is 1.59 bits per heavy atom. The Labute approximate surface area is 257 Å². The van der Waals surface area contributed by atoms with Gasteiger partial charge >= 0.3 is 5.97 Å². The van der Waals surface area contributed by atoms with Crippen molar-refractivity contribution >= 4 is 29.7 Å². The molecule has 0 aromatic heterocycles. The predicted octanol–water partition coefficient (Wildman–Crippen LogP) is 3.43. The SMILES string of the molecule is COc1ccc(CN(C(=O)[C@@H](N)Cc2c(C)cc(C(N)=O)cc2C)[C@@H](C)C=N/C(=C\N)c2cccc(C(=O)O)c2)cc1OC. The highest BCUT2D eigenvalue weighted by Gasteiger charge is 2.27. The Kier molecular flexibility index (Phi) is 11.2. The molecule has 3 rings (SSSR count). The second-order valence-electron chi connectivity index (χ2n) is 10.4. The molecule has 44 heavy (non-hydrogen) atoms. The molecule has 0 unspecified atom stereocenters. The number of amides is 2. The number of carbonyl (C=O) groups is 3. The van der Waals surface area contributed by atoms with E-state index in [1.54, 1.807) is 61.5 Å². The zero-order chi connectivity index (χ0) is 32.6. The van der Waals surface area contributed by atoms with Crippen LogP contribution in [0.1, 0.15) is 55.5 Å². The smallest absolute Gasteiger partial charge is 0.335 e. The maximum Gasteiger partial charge on any atom is 0.335 e. The molecule has 11 nitrogen and oxygen atoms in total. The summed E-state index contributed by atoms with van der Waals surface area (Å²) in [7, 11) is 3.07. The van der Waals surface area contributed by atoms with E-state index < -0.39 is 24.0 Å². The maximum atomic E-state index is 14.0. The number of benzene rings is 3. The standard InChI is InChI=1S/C33H39N5O6/c1-19-11-25(31(36)39)12-20(2)26(19)15-27(35)32(40)38(18-22-9-10-29(43-4)30(13-22)44-5)21(3)17-37-28(16-34)23-7-6-8-24(14-23)33(41)42/h6-14,16-17,21,27H,15,18,34-35H2,1-5H3,(H2,36,39)(H,41,42)/b28-16-,37-17?/t21-,27-/m0/s1. The minimum absolute atomic E-state index is 0.0933. The van der Waals surface area contributed by atoms with Crippen LogP contribution in [0.3, 0.4) is 0 Å². The highest BCUT2D eigenvalue weighted by atomic mass is 16.5. The summed E-state index contributed by atoms with van der Waals surface area (Å²) < 4.78 is 10.8. The van der Waals surface area contributed by atoms with Crippen LogP contribution in [-0.2, 0) is 17.8 Å². The summed E-state index contributed by atoms with van der Waals surface area (Å²) in [5, 5.41) is 9.37. The molecule has 3 aromatic rings. The van der Waals surface area contributed by atoms with Crippen molar-refractivity contribution in [3.8, 4) is 11.5 Å². The molecule has 0 radical (unpaired) electrons. The van der Waals surface area contributed by atoms with E-state index in [4.69, 9.17) is 26.7 Å². The topological polar surface area (TPSA) is 184 Å². The van der Waals surface area contributed by atoms with Gasteiger partial charge in [0.25, 0.3) is 0 Å². The number of nitrogens with zero attached hydrogens (tertiary/aromatic N) is 2. The molecule has 0 aliphatic heterocycles. The largest absolute Gasteiger partial charge is 0.493 e. The third-order valence-corrected chi connectivity index (χ3v) is 7.29. The first kappa shape index (κ1) is 33.3. The van der Waals surface area contributed by atoms with Gasteiger partial charge in [0.2, 0.25) is 11.8 Å². The van der Waals surface area contributed by atoms with Crippen LogP contribution >= 0.6 is 0 Å². The molecular formula is C33H39N5O6. The second-order valence-corrected chi connectivity index (χ2v) is 10.4. The number of nitrogens with two attached hydrogens (primary N) is 3. The zero-order valence-corrected chi connectivity index (χ0v) is 25.5. The quantitative estimate of drug-likeness (QED) is 0.215. The van der Waals surface area contributed by atoms with Gasteiger partial charge in [-0.05, 0) is 85.8 Å². The molecule has 0 heterocycles. The van der Waals surface area contributed by atoms with E-state index in [0.29, 0.717) is 28.3 Å². The molecule has 0 aliphatic rings. The predicted molar refractivity (Wildman–Crippen MR) is 170 cm³/mol. The second kappa shape index (κ2) is 14.8. The molecule has 0 aliphatic carbocycles. The van der Waals surface area contributed by atoms with E-state index in [1.165, 1.54) is 25.4 Å². The average molecular weight is 602 g/mol. The monoisotopic (exact) mass is 601 g/mol. The summed E-state index contributed by atoms with van der Waals surface area (Å²) in [5.74, 6) is -0.876. The van der Waals surface area contributed by atoms with E-state index in [2.05, 4.69) is 4.99 Å². The van der Waals surface area contributed by atoms with Crippen molar-refractivity contribution in [2.45, 2.75) is 45.8 Å². The molecule has 232 valence electrons. The third kappa shape index (κ3) is 8.01. The fraction of sp³-hybridized carbons (Fsp3) is 0.273. The fourth-order valence-electron chi connectivity index (χ4n) is 4.87. The normalized spacial score (nSPS) is 12.9. The summed E-state index contributed by atoms with van der Waals surface area (Å²) in [6.45, 7) is 5.68. The van der Waals surface area contributed by atoms with Crippen LogP contribution in [0.25, 0.3) is 5.70 Å². The lowest BCUT2D eigenvalue weighted by molar-refractivity contribution is -0.134.